The van der Waals surface area contributed by atoms with Gasteiger partial charge in [0.05, 0.1) is 23.9 Å². The molecule has 1 N–H and O–H groups in total. The Bertz CT molecular complexity index is 467. The van der Waals surface area contributed by atoms with Crippen LogP contribution < -0.4 is 10.2 Å². The fourth-order valence-electron chi connectivity index (χ4n) is 1.68. The second kappa shape index (κ2) is 4.54. The summed E-state index contributed by atoms with van der Waals surface area (Å²) in [6, 6.07) is 7.46. The molecule has 0 unspecified atom stereocenters. The Morgan fingerprint density at radius 1 is 1.50 bits per heavy atom. The number of piperazine rings is 1. The van der Waals surface area contributed by atoms with E-state index in [4.69, 9.17) is 5.26 Å². The maximum absolute atomic E-state index is 11.3. The molecule has 82 valence electrons. The monoisotopic (exact) mass is 279 g/mol. The van der Waals surface area contributed by atoms with E-state index in [2.05, 4.69) is 27.3 Å². The van der Waals surface area contributed by atoms with Crippen molar-refractivity contribution >= 4 is 27.5 Å². The Labute approximate surface area is 102 Å². The van der Waals surface area contributed by atoms with Crippen molar-refractivity contribution < 1.29 is 4.79 Å². The third-order valence-corrected chi connectivity index (χ3v) is 3.09. The Balaban J connectivity index is 2.27. The lowest BCUT2D eigenvalue weighted by molar-refractivity contribution is -0.120. The summed E-state index contributed by atoms with van der Waals surface area (Å²) < 4.78 is 0.848. The lowest BCUT2D eigenvalue weighted by Crippen LogP contribution is -2.47. The first kappa shape index (κ1) is 11.0. The summed E-state index contributed by atoms with van der Waals surface area (Å²) in [7, 11) is 0. The molecule has 2 rings (SSSR count). The first-order chi connectivity index (χ1) is 7.70. The van der Waals surface area contributed by atoms with Crippen molar-refractivity contribution in [2.24, 2.45) is 0 Å². The minimum Gasteiger partial charge on any atom is -0.360 e. The Morgan fingerprint density at radius 2 is 2.31 bits per heavy atom. The first-order valence-corrected chi connectivity index (χ1v) is 5.71. The molecule has 1 aliphatic heterocycles. The number of amides is 1. The van der Waals surface area contributed by atoms with Crippen LogP contribution in [0.2, 0.25) is 0 Å². The molecule has 0 aromatic heterocycles. The van der Waals surface area contributed by atoms with Crippen LogP contribution in [0.1, 0.15) is 5.56 Å². The number of hydrogen-bond donors (Lipinski definition) is 1. The van der Waals surface area contributed by atoms with E-state index >= 15 is 0 Å². The van der Waals surface area contributed by atoms with Crippen LogP contribution in [0.5, 0.6) is 0 Å². The van der Waals surface area contributed by atoms with Crippen LogP contribution in [0, 0.1) is 11.3 Å². The highest BCUT2D eigenvalue weighted by molar-refractivity contribution is 9.10. The van der Waals surface area contributed by atoms with Crippen molar-refractivity contribution in [1.29, 1.82) is 5.26 Å². The summed E-state index contributed by atoms with van der Waals surface area (Å²) >= 11 is 3.42. The van der Waals surface area contributed by atoms with E-state index < -0.39 is 0 Å². The second-order valence-electron chi connectivity index (χ2n) is 3.55. The smallest absolute Gasteiger partial charge is 0.239 e. The molecule has 0 radical (unpaired) electrons. The van der Waals surface area contributed by atoms with Gasteiger partial charge in [-0.25, -0.2) is 0 Å². The summed E-state index contributed by atoms with van der Waals surface area (Å²) in [5, 5.41) is 11.5. The largest absolute Gasteiger partial charge is 0.360 e. The number of benzene rings is 1. The normalized spacial score (nSPS) is 15.5. The van der Waals surface area contributed by atoms with Crippen LogP contribution in [0.15, 0.2) is 22.7 Å². The number of rotatable bonds is 1. The summed E-state index contributed by atoms with van der Waals surface area (Å²) in [5.41, 5.74) is 1.56. The van der Waals surface area contributed by atoms with Gasteiger partial charge in [-0.05, 0) is 34.1 Å². The minimum absolute atomic E-state index is 0.0301. The highest BCUT2D eigenvalue weighted by atomic mass is 79.9. The fourth-order valence-corrected chi connectivity index (χ4v) is 2.31. The number of nitriles is 1. The van der Waals surface area contributed by atoms with Crippen molar-refractivity contribution in [3.8, 4) is 6.07 Å². The van der Waals surface area contributed by atoms with Gasteiger partial charge < -0.3 is 10.2 Å². The third-order valence-electron chi connectivity index (χ3n) is 2.46. The zero-order valence-corrected chi connectivity index (χ0v) is 10.1. The molecular weight excluding hydrogens is 270 g/mol. The van der Waals surface area contributed by atoms with Gasteiger partial charge in [-0.15, -0.1) is 0 Å². The lowest BCUT2D eigenvalue weighted by Gasteiger charge is -2.29. The summed E-state index contributed by atoms with van der Waals surface area (Å²) in [5.74, 6) is 0.0301. The Hall–Kier alpha value is -1.54. The number of nitrogens with one attached hydrogen (secondary N) is 1. The zero-order chi connectivity index (χ0) is 11.5. The minimum atomic E-state index is 0.0301. The van der Waals surface area contributed by atoms with Gasteiger partial charge in [0.15, 0.2) is 0 Å². The fraction of sp³-hybridized carbons (Fsp3) is 0.273. The maximum Gasteiger partial charge on any atom is 0.239 e. The van der Waals surface area contributed by atoms with Crippen LogP contribution in [0.4, 0.5) is 5.69 Å². The molecule has 1 saturated heterocycles. The predicted octanol–water partition coefficient (Wildman–Crippen LogP) is 1.26. The number of nitrogens with zero attached hydrogens (tertiary/aromatic N) is 2. The van der Waals surface area contributed by atoms with Crippen LogP contribution in [-0.2, 0) is 4.79 Å². The molecule has 0 spiro atoms. The van der Waals surface area contributed by atoms with Gasteiger partial charge in [0, 0.05) is 17.6 Å². The molecule has 1 aromatic rings. The van der Waals surface area contributed by atoms with Crippen molar-refractivity contribution in [3.05, 3.63) is 28.2 Å². The highest BCUT2D eigenvalue weighted by Gasteiger charge is 2.18. The van der Waals surface area contributed by atoms with Gasteiger partial charge in [-0.1, -0.05) is 0 Å². The molecule has 0 bridgehead atoms. The van der Waals surface area contributed by atoms with E-state index in [1.54, 1.807) is 12.1 Å². The summed E-state index contributed by atoms with van der Waals surface area (Å²) in [4.78, 5) is 13.3. The van der Waals surface area contributed by atoms with Gasteiger partial charge in [0.1, 0.15) is 0 Å². The maximum atomic E-state index is 11.3. The number of hydrogen-bond acceptors (Lipinski definition) is 3. The van der Waals surface area contributed by atoms with Gasteiger partial charge in [-0.2, -0.15) is 5.26 Å². The van der Waals surface area contributed by atoms with Crippen molar-refractivity contribution in [2.45, 2.75) is 0 Å². The number of anilines is 1. The molecule has 1 fully saturated rings. The second-order valence-corrected chi connectivity index (χ2v) is 4.40. The molecule has 16 heavy (non-hydrogen) atoms. The van der Waals surface area contributed by atoms with Gasteiger partial charge in [0.25, 0.3) is 0 Å². The van der Waals surface area contributed by atoms with Crippen molar-refractivity contribution in [3.63, 3.8) is 0 Å². The molecule has 1 amide bonds. The quantitative estimate of drug-likeness (QED) is 0.842. The van der Waals surface area contributed by atoms with Crippen molar-refractivity contribution in [2.75, 3.05) is 24.5 Å². The van der Waals surface area contributed by atoms with Crippen LogP contribution in [0.3, 0.4) is 0 Å². The van der Waals surface area contributed by atoms with Crippen LogP contribution >= 0.6 is 15.9 Å². The molecule has 5 heteroatoms. The van der Waals surface area contributed by atoms with E-state index in [-0.39, 0.29) is 5.91 Å². The van der Waals surface area contributed by atoms with E-state index in [1.807, 2.05) is 11.0 Å². The Morgan fingerprint density at radius 3 is 2.94 bits per heavy atom. The zero-order valence-electron chi connectivity index (χ0n) is 8.53. The number of carbonyl (C=O) groups is 1. The molecule has 1 heterocycles. The van der Waals surface area contributed by atoms with Gasteiger partial charge in [0.2, 0.25) is 5.91 Å². The highest BCUT2D eigenvalue weighted by Crippen LogP contribution is 2.27. The predicted molar refractivity (Wildman–Crippen MR) is 64.1 cm³/mol. The SMILES string of the molecule is N#Cc1ccc(N2CCNC(=O)C2)c(Br)c1. The first-order valence-electron chi connectivity index (χ1n) is 4.92. The van der Waals surface area contributed by atoms with Gasteiger partial charge in [-0.3, -0.25) is 4.79 Å². The van der Waals surface area contributed by atoms with E-state index in [0.717, 1.165) is 16.7 Å². The summed E-state index contributed by atoms with van der Waals surface area (Å²) in [6.45, 7) is 1.81. The van der Waals surface area contributed by atoms with E-state index in [9.17, 15) is 4.79 Å². The summed E-state index contributed by atoms with van der Waals surface area (Å²) in [6.07, 6.45) is 0. The topological polar surface area (TPSA) is 56.1 Å². The van der Waals surface area contributed by atoms with Gasteiger partial charge >= 0.3 is 0 Å². The lowest BCUT2D eigenvalue weighted by atomic mass is 10.2. The number of carbonyl (C=O) groups excluding carboxylic acids is 1. The molecule has 0 atom stereocenters. The average Bonchev–Trinajstić information content (AvgIpc) is 2.28. The molecule has 0 aliphatic carbocycles. The molecule has 0 saturated carbocycles. The van der Waals surface area contributed by atoms with Crippen molar-refractivity contribution in [1.82, 2.24) is 5.32 Å². The number of halogens is 1. The third kappa shape index (κ3) is 2.17. The average molecular weight is 280 g/mol. The standard InChI is InChI=1S/C11H10BrN3O/c12-9-5-8(6-13)1-2-10(9)15-4-3-14-11(16)7-15/h1-2,5H,3-4,7H2,(H,14,16). The van der Waals surface area contributed by atoms with E-state index in [1.165, 1.54) is 0 Å². The molecular formula is C11H10BrN3O. The molecule has 1 aromatic carbocycles. The Kier molecular flexibility index (Phi) is 3.11. The molecule has 4 nitrogen and oxygen atoms in total. The van der Waals surface area contributed by atoms with Crippen LogP contribution in [-0.4, -0.2) is 25.5 Å². The van der Waals surface area contributed by atoms with Crippen LogP contribution in [0.25, 0.3) is 0 Å². The van der Waals surface area contributed by atoms with E-state index in [0.29, 0.717) is 18.7 Å². The molecule has 1 aliphatic rings.